The van der Waals surface area contributed by atoms with Crippen molar-refractivity contribution in [1.29, 1.82) is 0 Å². The standard InChI is InChI=1S/C8H12N2O/c1-7(11)10-6-8-4-2-3-5-9-8/h2,4H,3,5-6H2,1H3,(H,10,11). The normalized spacial score (nSPS) is 15.9. The molecule has 0 aliphatic carbocycles. The first kappa shape index (κ1) is 7.98. The number of dihydropyridines is 1. The highest BCUT2D eigenvalue weighted by molar-refractivity contribution is 5.98. The number of aliphatic imine (C=N–C) groups is 1. The molecule has 0 aromatic rings. The van der Waals surface area contributed by atoms with Gasteiger partial charge in [-0.3, -0.25) is 9.79 Å². The van der Waals surface area contributed by atoms with Crippen LogP contribution in [0.4, 0.5) is 0 Å². The van der Waals surface area contributed by atoms with Crippen molar-refractivity contribution in [3.05, 3.63) is 12.2 Å². The van der Waals surface area contributed by atoms with Gasteiger partial charge in [-0.1, -0.05) is 6.08 Å². The van der Waals surface area contributed by atoms with E-state index in [1.54, 1.807) is 0 Å². The lowest BCUT2D eigenvalue weighted by molar-refractivity contribution is -0.118. The Morgan fingerprint density at radius 2 is 2.64 bits per heavy atom. The number of amides is 1. The molecule has 60 valence electrons. The number of hydrogen-bond donors (Lipinski definition) is 1. The molecule has 3 nitrogen and oxygen atoms in total. The summed E-state index contributed by atoms with van der Waals surface area (Å²) in [5.74, 6) is -0.00771. The Morgan fingerprint density at radius 3 is 3.18 bits per heavy atom. The molecule has 0 spiro atoms. The largest absolute Gasteiger partial charge is 0.351 e. The SMILES string of the molecule is CC(=O)NCC1=NCCC=C1. The zero-order valence-electron chi connectivity index (χ0n) is 6.63. The molecule has 1 aliphatic heterocycles. The maximum Gasteiger partial charge on any atom is 0.217 e. The lowest BCUT2D eigenvalue weighted by Crippen LogP contribution is -2.26. The predicted octanol–water partition coefficient (Wildman–Crippen LogP) is 0.523. The van der Waals surface area contributed by atoms with Crippen LogP contribution in [0.2, 0.25) is 0 Å². The van der Waals surface area contributed by atoms with Crippen molar-refractivity contribution in [2.24, 2.45) is 4.99 Å². The van der Waals surface area contributed by atoms with E-state index in [4.69, 9.17) is 0 Å². The van der Waals surface area contributed by atoms with E-state index in [1.807, 2.05) is 6.08 Å². The number of nitrogens with zero attached hydrogens (tertiary/aromatic N) is 1. The first-order valence-electron chi connectivity index (χ1n) is 3.73. The molecule has 1 N–H and O–H groups in total. The Hall–Kier alpha value is -1.12. The van der Waals surface area contributed by atoms with Gasteiger partial charge in [0.1, 0.15) is 0 Å². The van der Waals surface area contributed by atoms with E-state index in [1.165, 1.54) is 6.92 Å². The first-order chi connectivity index (χ1) is 5.29. The van der Waals surface area contributed by atoms with E-state index >= 15 is 0 Å². The minimum absolute atomic E-state index is 0.00771. The van der Waals surface area contributed by atoms with Gasteiger partial charge in [0.25, 0.3) is 0 Å². The van der Waals surface area contributed by atoms with Gasteiger partial charge >= 0.3 is 0 Å². The van der Waals surface area contributed by atoms with Gasteiger partial charge in [0, 0.05) is 13.5 Å². The van der Waals surface area contributed by atoms with Crippen LogP contribution in [-0.4, -0.2) is 24.7 Å². The summed E-state index contributed by atoms with van der Waals surface area (Å²) in [6, 6.07) is 0. The molecule has 1 amide bonds. The Balaban J connectivity index is 2.31. The Bertz CT molecular complexity index is 206. The van der Waals surface area contributed by atoms with Crippen LogP contribution in [-0.2, 0) is 4.79 Å². The highest BCUT2D eigenvalue weighted by Gasteiger charge is 1.98. The van der Waals surface area contributed by atoms with Crippen LogP contribution in [0.1, 0.15) is 13.3 Å². The van der Waals surface area contributed by atoms with Crippen molar-refractivity contribution in [2.45, 2.75) is 13.3 Å². The van der Waals surface area contributed by atoms with Crippen molar-refractivity contribution in [1.82, 2.24) is 5.32 Å². The summed E-state index contributed by atoms with van der Waals surface area (Å²) in [5.41, 5.74) is 0.964. The van der Waals surface area contributed by atoms with Crippen molar-refractivity contribution >= 4 is 11.6 Å². The lowest BCUT2D eigenvalue weighted by atomic mass is 10.2. The molecule has 0 saturated heterocycles. The Kier molecular flexibility index (Phi) is 2.83. The van der Waals surface area contributed by atoms with Crippen molar-refractivity contribution < 1.29 is 4.79 Å². The van der Waals surface area contributed by atoms with Crippen molar-refractivity contribution in [3.63, 3.8) is 0 Å². The van der Waals surface area contributed by atoms with E-state index in [9.17, 15) is 4.79 Å². The summed E-state index contributed by atoms with van der Waals surface area (Å²) in [7, 11) is 0. The Labute approximate surface area is 66.2 Å². The second-order valence-electron chi connectivity index (χ2n) is 2.47. The molecule has 0 bridgehead atoms. The smallest absolute Gasteiger partial charge is 0.217 e. The summed E-state index contributed by atoms with van der Waals surface area (Å²) >= 11 is 0. The highest BCUT2D eigenvalue weighted by atomic mass is 16.1. The van der Waals surface area contributed by atoms with E-state index in [-0.39, 0.29) is 5.91 Å². The van der Waals surface area contributed by atoms with Crippen molar-refractivity contribution in [3.8, 4) is 0 Å². The summed E-state index contributed by atoms with van der Waals surface area (Å²) in [6.45, 7) is 2.92. The van der Waals surface area contributed by atoms with Crippen molar-refractivity contribution in [2.75, 3.05) is 13.1 Å². The second-order valence-corrected chi connectivity index (χ2v) is 2.47. The van der Waals surface area contributed by atoms with Crippen LogP contribution in [0, 0.1) is 0 Å². The minimum Gasteiger partial charge on any atom is -0.351 e. The number of hydrogen-bond acceptors (Lipinski definition) is 2. The first-order valence-corrected chi connectivity index (χ1v) is 3.73. The number of rotatable bonds is 2. The molecule has 0 fully saturated rings. The summed E-state index contributed by atoms with van der Waals surface area (Å²) in [6.07, 6.45) is 5.05. The quantitative estimate of drug-likeness (QED) is 0.616. The van der Waals surface area contributed by atoms with Gasteiger partial charge in [0.05, 0.1) is 12.3 Å². The van der Waals surface area contributed by atoms with E-state index in [0.717, 1.165) is 18.7 Å². The molecule has 0 unspecified atom stereocenters. The molecule has 11 heavy (non-hydrogen) atoms. The molecule has 0 aromatic carbocycles. The fourth-order valence-corrected chi connectivity index (χ4v) is 0.885. The average Bonchev–Trinajstić information content (AvgIpc) is 2.03. The van der Waals surface area contributed by atoms with Gasteiger partial charge in [0.2, 0.25) is 5.91 Å². The summed E-state index contributed by atoms with van der Waals surface area (Å²) in [5, 5.41) is 2.69. The van der Waals surface area contributed by atoms with Crippen LogP contribution in [0.5, 0.6) is 0 Å². The number of nitrogens with one attached hydrogen (secondary N) is 1. The molecular formula is C8H12N2O. The molecule has 0 radical (unpaired) electrons. The maximum absolute atomic E-state index is 10.5. The highest BCUT2D eigenvalue weighted by Crippen LogP contribution is 1.94. The van der Waals surface area contributed by atoms with Crippen LogP contribution >= 0.6 is 0 Å². The van der Waals surface area contributed by atoms with Crippen LogP contribution in [0.25, 0.3) is 0 Å². The third-order valence-corrected chi connectivity index (χ3v) is 1.44. The molecule has 3 heteroatoms. The van der Waals surface area contributed by atoms with Gasteiger partial charge in [-0.15, -0.1) is 0 Å². The maximum atomic E-state index is 10.5. The summed E-state index contributed by atoms with van der Waals surface area (Å²) in [4.78, 5) is 14.7. The number of carbonyl (C=O) groups excluding carboxylic acids is 1. The predicted molar refractivity (Wildman–Crippen MR) is 44.7 cm³/mol. The molecule has 0 saturated carbocycles. The second kappa shape index (κ2) is 3.91. The molecular weight excluding hydrogens is 140 g/mol. The average molecular weight is 152 g/mol. The van der Waals surface area contributed by atoms with Crippen LogP contribution < -0.4 is 5.32 Å². The van der Waals surface area contributed by atoms with Gasteiger partial charge < -0.3 is 5.32 Å². The zero-order chi connectivity index (χ0) is 8.10. The fraction of sp³-hybridized carbons (Fsp3) is 0.500. The van der Waals surface area contributed by atoms with Gasteiger partial charge in [-0.2, -0.15) is 0 Å². The van der Waals surface area contributed by atoms with Crippen LogP contribution in [0.3, 0.4) is 0 Å². The fourth-order valence-electron chi connectivity index (χ4n) is 0.885. The topological polar surface area (TPSA) is 41.5 Å². The third-order valence-electron chi connectivity index (χ3n) is 1.44. The molecule has 1 aliphatic rings. The van der Waals surface area contributed by atoms with Gasteiger partial charge in [0.15, 0.2) is 0 Å². The molecule has 1 rings (SSSR count). The van der Waals surface area contributed by atoms with Gasteiger partial charge in [-0.05, 0) is 12.5 Å². The zero-order valence-corrected chi connectivity index (χ0v) is 6.63. The lowest BCUT2D eigenvalue weighted by Gasteiger charge is -2.05. The van der Waals surface area contributed by atoms with Gasteiger partial charge in [-0.25, -0.2) is 0 Å². The van der Waals surface area contributed by atoms with E-state index in [0.29, 0.717) is 6.54 Å². The monoisotopic (exact) mass is 152 g/mol. The third kappa shape index (κ3) is 2.98. The van der Waals surface area contributed by atoms with E-state index < -0.39 is 0 Å². The number of carbonyl (C=O) groups is 1. The van der Waals surface area contributed by atoms with E-state index in [2.05, 4.69) is 16.4 Å². The molecule has 0 atom stereocenters. The minimum atomic E-state index is -0.00771. The summed E-state index contributed by atoms with van der Waals surface area (Å²) < 4.78 is 0. The molecule has 0 aromatic heterocycles. The molecule has 1 heterocycles. The van der Waals surface area contributed by atoms with Crippen LogP contribution in [0.15, 0.2) is 17.1 Å². The Morgan fingerprint density at radius 1 is 1.82 bits per heavy atom.